The molecule has 2 unspecified atom stereocenters. The molecule has 0 aromatic rings. The van der Waals surface area contributed by atoms with E-state index in [4.69, 9.17) is 5.73 Å². The van der Waals surface area contributed by atoms with Crippen LogP contribution in [0.3, 0.4) is 0 Å². The van der Waals surface area contributed by atoms with Crippen molar-refractivity contribution in [3.63, 3.8) is 0 Å². The summed E-state index contributed by atoms with van der Waals surface area (Å²) >= 11 is 0. The minimum Gasteiger partial charge on any atom is -0.343 e. The maximum Gasteiger partial charge on any atom is 0.222 e. The summed E-state index contributed by atoms with van der Waals surface area (Å²) in [6, 6.07) is 0.301. The molecule has 19 heavy (non-hydrogen) atoms. The van der Waals surface area contributed by atoms with Crippen molar-refractivity contribution < 1.29 is 4.79 Å². The Morgan fingerprint density at radius 1 is 1.16 bits per heavy atom. The molecular weight excluding hydrogens is 236 g/mol. The Balaban J connectivity index is 4.41. The van der Waals surface area contributed by atoms with Crippen LogP contribution in [0, 0.1) is 17.3 Å². The molecule has 0 bridgehead atoms. The molecule has 0 aliphatic carbocycles. The Kier molecular flexibility index (Phi) is 7.65. The zero-order chi connectivity index (χ0) is 15.2. The van der Waals surface area contributed by atoms with Crippen LogP contribution in [0.15, 0.2) is 0 Å². The van der Waals surface area contributed by atoms with Gasteiger partial charge < -0.3 is 10.6 Å². The van der Waals surface area contributed by atoms with Gasteiger partial charge in [0.15, 0.2) is 0 Å². The second-order valence-electron chi connectivity index (χ2n) is 7.17. The quantitative estimate of drug-likeness (QED) is 0.771. The third-order valence-electron chi connectivity index (χ3n) is 4.42. The molecule has 0 heterocycles. The summed E-state index contributed by atoms with van der Waals surface area (Å²) in [7, 11) is 1.92. The van der Waals surface area contributed by atoms with Crippen molar-refractivity contribution in [1.82, 2.24) is 4.90 Å². The van der Waals surface area contributed by atoms with Gasteiger partial charge in [0.05, 0.1) is 0 Å². The predicted molar refractivity (Wildman–Crippen MR) is 82.9 cm³/mol. The number of hydrogen-bond donors (Lipinski definition) is 1. The van der Waals surface area contributed by atoms with E-state index in [1.54, 1.807) is 0 Å². The summed E-state index contributed by atoms with van der Waals surface area (Å²) < 4.78 is 0. The minimum absolute atomic E-state index is 0.224. The third kappa shape index (κ3) is 6.42. The molecule has 0 aromatic heterocycles. The summed E-state index contributed by atoms with van der Waals surface area (Å²) in [4.78, 5) is 14.1. The Hall–Kier alpha value is -0.570. The average Bonchev–Trinajstić information content (AvgIpc) is 2.30. The number of rotatable bonds is 7. The van der Waals surface area contributed by atoms with Gasteiger partial charge in [-0.15, -0.1) is 0 Å². The zero-order valence-corrected chi connectivity index (χ0v) is 14.0. The Morgan fingerprint density at radius 2 is 1.68 bits per heavy atom. The van der Waals surface area contributed by atoms with Crippen molar-refractivity contribution in [3.8, 4) is 0 Å². The molecule has 3 heteroatoms. The molecule has 0 aliphatic rings. The topological polar surface area (TPSA) is 46.3 Å². The molecular formula is C16H34N2O. The molecule has 0 saturated carbocycles. The lowest BCUT2D eigenvalue weighted by atomic mass is 9.76. The van der Waals surface area contributed by atoms with Crippen molar-refractivity contribution in [3.05, 3.63) is 0 Å². The van der Waals surface area contributed by atoms with Gasteiger partial charge in [0.2, 0.25) is 5.91 Å². The lowest BCUT2D eigenvalue weighted by Crippen LogP contribution is -2.38. The molecule has 114 valence electrons. The van der Waals surface area contributed by atoms with Crippen LogP contribution in [0.25, 0.3) is 0 Å². The molecule has 0 aliphatic heterocycles. The van der Waals surface area contributed by atoms with E-state index in [2.05, 4.69) is 41.5 Å². The highest BCUT2D eigenvalue weighted by Gasteiger charge is 2.26. The molecule has 1 amide bonds. The van der Waals surface area contributed by atoms with Gasteiger partial charge in [-0.05, 0) is 43.6 Å². The highest BCUT2D eigenvalue weighted by atomic mass is 16.2. The fourth-order valence-corrected chi connectivity index (χ4v) is 2.36. The fraction of sp³-hybridized carbons (Fsp3) is 0.938. The third-order valence-corrected chi connectivity index (χ3v) is 4.42. The highest BCUT2D eigenvalue weighted by molar-refractivity contribution is 5.76. The fourth-order valence-electron chi connectivity index (χ4n) is 2.36. The molecule has 2 atom stereocenters. The zero-order valence-electron chi connectivity index (χ0n) is 14.0. The first-order chi connectivity index (χ1) is 8.61. The second kappa shape index (κ2) is 7.88. The van der Waals surface area contributed by atoms with E-state index in [1.807, 2.05) is 11.9 Å². The first kappa shape index (κ1) is 18.4. The molecule has 0 radical (unpaired) electrons. The summed E-state index contributed by atoms with van der Waals surface area (Å²) in [5.74, 6) is 1.27. The molecule has 0 fully saturated rings. The van der Waals surface area contributed by atoms with E-state index in [1.165, 1.54) is 0 Å². The molecule has 0 spiro atoms. The van der Waals surface area contributed by atoms with E-state index in [-0.39, 0.29) is 11.3 Å². The Labute approximate surface area is 119 Å². The van der Waals surface area contributed by atoms with E-state index in [0.29, 0.717) is 30.8 Å². The van der Waals surface area contributed by atoms with Crippen LogP contribution in [-0.4, -0.2) is 30.4 Å². The first-order valence-electron chi connectivity index (χ1n) is 7.57. The highest BCUT2D eigenvalue weighted by Crippen LogP contribution is 2.32. The smallest absolute Gasteiger partial charge is 0.222 e. The second-order valence-corrected chi connectivity index (χ2v) is 7.17. The van der Waals surface area contributed by atoms with Crippen LogP contribution in [0.5, 0.6) is 0 Å². The number of nitrogens with two attached hydrogens (primary N) is 1. The monoisotopic (exact) mass is 270 g/mol. The first-order valence-corrected chi connectivity index (χ1v) is 7.57. The standard InChI is InChI=1S/C16H34N2O/c1-12(2)13(3)18(7)15(19)9-8-14(10-11-17)16(4,5)6/h12-14H,8-11,17H2,1-7H3. The number of nitrogens with zero attached hydrogens (tertiary/aromatic N) is 1. The molecule has 0 saturated heterocycles. The maximum atomic E-state index is 12.2. The van der Waals surface area contributed by atoms with Crippen molar-refractivity contribution >= 4 is 5.91 Å². The van der Waals surface area contributed by atoms with Gasteiger partial charge in [0.25, 0.3) is 0 Å². The SMILES string of the molecule is CC(C)C(C)N(C)C(=O)CCC(CCN)C(C)(C)C. The van der Waals surface area contributed by atoms with Crippen LogP contribution in [0.4, 0.5) is 0 Å². The molecule has 0 rings (SSSR count). The van der Waals surface area contributed by atoms with Crippen LogP contribution in [0.1, 0.15) is 60.8 Å². The largest absolute Gasteiger partial charge is 0.343 e. The number of amides is 1. The summed E-state index contributed by atoms with van der Waals surface area (Å²) in [5, 5.41) is 0. The van der Waals surface area contributed by atoms with Gasteiger partial charge in [-0.1, -0.05) is 34.6 Å². The van der Waals surface area contributed by atoms with E-state index >= 15 is 0 Å². The number of carbonyl (C=O) groups excluding carboxylic acids is 1. The van der Waals surface area contributed by atoms with Crippen LogP contribution in [-0.2, 0) is 4.79 Å². The van der Waals surface area contributed by atoms with Crippen molar-refractivity contribution in [1.29, 1.82) is 0 Å². The number of hydrogen-bond acceptors (Lipinski definition) is 2. The van der Waals surface area contributed by atoms with Gasteiger partial charge in [-0.2, -0.15) is 0 Å². The maximum absolute atomic E-state index is 12.2. The van der Waals surface area contributed by atoms with Crippen LogP contribution in [0.2, 0.25) is 0 Å². The lowest BCUT2D eigenvalue weighted by Gasteiger charge is -2.32. The minimum atomic E-state index is 0.224. The lowest BCUT2D eigenvalue weighted by molar-refractivity contribution is -0.132. The summed E-state index contributed by atoms with van der Waals surface area (Å²) in [6.45, 7) is 13.8. The summed E-state index contributed by atoms with van der Waals surface area (Å²) in [5.41, 5.74) is 5.91. The molecule has 0 aromatic carbocycles. The molecule has 2 N–H and O–H groups in total. The van der Waals surface area contributed by atoms with E-state index in [0.717, 1.165) is 12.8 Å². The van der Waals surface area contributed by atoms with Crippen molar-refractivity contribution in [2.24, 2.45) is 23.0 Å². The predicted octanol–water partition coefficient (Wildman–Crippen LogP) is 3.28. The summed E-state index contributed by atoms with van der Waals surface area (Å²) in [6.07, 6.45) is 2.57. The van der Waals surface area contributed by atoms with Gasteiger partial charge in [0.1, 0.15) is 0 Å². The van der Waals surface area contributed by atoms with Crippen LogP contribution < -0.4 is 5.73 Å². The average molecular weight is 270 g/mol. The normalized spacial score (nSPS) is 15.4. The van der Waals surface area contributed by atoms with Crippen LogP contribution >= 0.6 is 0 Å². The van der Waals surface area contributed by atoms with Gasteiger partial charge >= 0.3 is 0 Å². The van der Waals surface area contributed by atoms with E-state index in [9.17, 15) is 4.79 Å². The van der Waals surface area contributed by atoms with E-state index < -0.39 is 0 Å². The molecule has 3 nitrogen and oxygen atoms in total. The Bertz CT molecular complexity index is 268. The van der Waals surface area contributed by atoms with Crippen molar-refractivity contribution in [2.45, 2.75) is 66.8 Å². The Morgan fingerprint density at radius 3 is 2.05 bits per heavy atom. The van der Waals surface area contributed by atoms with Gasteiger partial charge in [-0.3, -0.25) is 4.79 Å². The van der Waals surface area contributed by atoms with Gasteiger partial charge in [-0.25, -0.2) is 0 Å². The van der Waals surface area contributed by atoms with Crippen molar-refractivity contribution in [2.75, 3.05) is 13.6 Å². The van der Waals surface area contributed by atoms with Gasteiger partial charge in [0, 0.05) is 19.5 Å². The number of carbonyl (C=O) groups is 1.